The molecule has 0 atom stereocenters. The van der Waals surface area contributed by atoms with E-state index in [1.165, 1.54) is 25.9 Å². The fourth-order valence-electron chi connectivity index (χ4n) is 5.51. The molecule has 1 fully saturated rings. The molecule has 1 aliphatic rings. The van der Waals surface area contributed by atoms with Crippen molar-refractivity contribution in [3.8, 4) is 0 Å². The summed E-state index contributed by atoms with van der Waals surface area (Å²) in [5.74, 6) is 2.32. The average Bonchev–Trinajstić information content (AvgIpc) is 3.56. The molecule has 2 aromatic carbocycles. The minimum Gasteiger partial charge on any atom is -0.339 e. The van der Waals surface area contributed by atoms with Gasteiger partial charge in [0, 0.05) is 37.2 Å². The Labute approximate surface area is 240 Å². The number of fused-ring (bicyclic) bond motifs is 1. The Morgan fingerprint density at radius 2 is 1.50 bits per heavy atom. The number of amides is 1. The monoisotopic (exact) mass is 544 g/mol. The van der Waals surface area contributed by atoms with E-state index in [1.807, 2.05) is 41.3 Å². The lowest BCUT2D eigenvalue weighted by Crippen LogP contribution is -2.34. The molecule has 1 saturated heterocycles. The van der Waals surface area contributed by atoms with Gasteiger partial charge < -0.3 is 14.4 Å². The number of aryl methyl sites for hydroxylation is 1. The van der Waals surface area contributed by atoms with Crippen LogP contribution in [0.1, 0.15) is 98.8 Å². The number of hydrogen-bond donors (Lipinski definition) is 0. The highest BCUT2D eigenvalue weighted by atomic mass is 16.2. The number of benzene rings is 2. The molecule has 40 heavy (non-hydrogen) atoms. The molecule has 0 aliphatic carbocycles. The Balaban J connectivity index is 1.62. The van der Waals surface area contributed by atoms with E-state index in [-0.39, 0.29) is 11.7 Å². The van der Waals surface area contributed by atoms with Gasteiger partial charge in [0.15, 0.2) is 5.78 Å². The lowest BCUT2D eigenvalue weighted by Gasteiger charge is -2.25. The number of ketones is 1. The minimum absolute atomic E-state index is 0.0775. The number of rotatable bonds is 14. The third kappa shape index (κ3) is 8.03. The topological polar surface area (TPSA) is 58.4 Å². The first-order valence-electron chi connectivity index (χ1n) is 15.3. The summed E-state index contributed by atoms with van der Waals surface area (Å²) in [6, 6.07) is 13.9. The summed E-state index contributed by atoms with van der Waals surface area (Å²) < 4.78 is 2.33. The molecule has 0 spiro atoms. The summed E-state index contributed by atoms with van der Waals surface area (Å²) in [4.78, 5) is 35.1. The first kappa shape index (κ1) is 30.0. The zero-order valence-electron chi connectivity index (χ0n) is 25.3. The molecule has 0 saturated carbocycles. The van der Waals surface area contributed by atoms with Gasteiger partial charge in [-0.25, -0.2) is 4.98 Å². The standard InChI is InChI=1S/C34H48N4O2/c1-25(2)15-21-37(22-16-26(3)4)34(40)30-13-14-31-32(24-30)38(20-8-19-36-17-6-7-18-36)33(35-31)23-28-9-11-29(12-10-28)27(5)39/h9-14,24-26H,6-8,15-23H2,1-5H3. The highest BCUT2D eigenvalue weighted by Crippen LogP contribution is 2.23. The molecular formula is C34H48N4O2. The summed E-state index contributed by atoms with van der Waals surface area (Å²) in [6.45, 7) is 16.4. The molecule has 6 heteroatoms. The van der Waals surface area contributed by atoms with Crippen LogP contribution in [0.25, 0.3) is 11.0 Å². The van der Waals surface area contributed by atoms with Crippen LogP contribution in [0.2, 0.25) is 0 Å². The summed E-state index contributed by atoms with van der Waals surface area (Å²) >= 11 is 0. The van der Waals surface area contributed by atoms with E-state index >= 15 is 0 Å². The predicted molar refractivity (Wildman–Crippen MR) is 164 cm³/mol. The van der Waals surface area contributed by atoms with Gasteiger partial charge in [-0.1, -0.05) is 52.0 Å². The van der Waals surface area contributed by atoms with Crippen molar-refractivity contribution in [2.75, 3.05) is 32.7 Å². The highest BCUT2D eigenvalue weighted by Gasteiger charge is 2.20. The SMILES string of the molecule is CC(=O)c1ccc(Cc2nc3ccc(C(=O)N(CCC(C)C)CCC(C)C)cc3n2CCCN2CCCC2)cc1. The van der Waals surface area contributed by atoms with Gasteiger partial charge in [0.25, 0.3) is 5.91 Å². The zero-order chi connectivity index (χ0) is 28.6. The Morgan fingerprint density at radius 3 is 2.10 bits per heavy atom. The van der Waals surface area contributed by atoms with Crippen molar-refractivity contribution < 1.29 is 9.59 Å². The first-order valence-corrected chi connectivity index (χ1v) is 15.3. The van der Waals surface area contributed by atoms with Crippen molar-refractivity contribution in [3.63, 3.8) is 0 Å². The van der Waals surface area contributed by atoms with Crippen LogP contribution in [0.3, 0.4) is 0 Å². The molecule has 1 amide bonds. The second-order valence-corrected chi connectivity index (χ2v) is 12.4. The normalized spacial score (nSPS) is 14.1. The second kappa shape index (κ2) is 14.1. The van der Waals surface area contributed by atoms with Crippen LogP contribution >= 0.6 is 0 Å². The van der Waals surface area contributed by atoms with Gasteiger partial charge in [0.1, 0.15) is 5.82 Å². The number of Topliss-reactive ketones (excluding diaryl/α,β-unsaturated/α-hetero) is 1. The first-order chi connectivity index (χ1) is 19.2. The third-order valence-electron chi connectivity index (χ3n) is 8.09. The Morgan fingerprint density at radius 1 is 0.875 bits per heavy atom. The number of carbonyl (C=O) groups excluding carboxylic acids is 2. The van der Waals surface area contributed by atoms with Crippen molar-refractivity contribution in [2.45, 2.75) is 79.7 Å². The van der Waals surface area contributed by atoms with E-state index < -0.39 is 0 Å². The van der Waals surface area contributed by atoms with Crippen LogP contribution in [0.4, 0.5) is 0 Å². The maximum absolute atomic E-state index is 13.8. The molecular weight excluding hydrogens is 496 g/mol. The summed E-state index contributed by atoms with van der Waals surface area (Å²) in [7, 11) is 0. The van der Waals surface area contributed by atoms with Gasteiger partial charge in [-0.2, -0.15) is 0 Å². The van der Waals surface area contributed by atoms with Crippen LogP contribution < -0.4 is 0 Å². The quantitative estimate of drug-likeness (QED) is 0.208. The van der Waals surface area contributed by atoms with E-state index in [2.05, 4.69) is 43.2 Å². The van der Waals surface area contributed by atoms with E-state index in [9.17, 15) is 9.59 Å². The minimum atomic E-state index is 0.0775. The number of likely N-dealkylation sites (tertiary alicyclic amines) is 1. The number of nitrogens with zero attached hydrogens (tertiary/aromatic N) is 4. The zero-order valence-corrected chi connectivity index (χ0v) is 25.3. The lowest BCUT2D eigenvalue weighted by atomic mass is 10.1. The summed E-state index contributed by atoms with van der Waals surface area (Å²) in [5.41, 5.74) is 4.58. The van der Waals surface area contributed by atoms with Crippen LogP contribution in [-0.4, -0.2) is 63.8 Å². The molecule has 1 aliphatic heterocycles. The van der Waals surface area contributed by atoms with Crippen LogP contribution in [-0.2, 0) is 13.0 Å². The van der Waals surface area contributed by atoms with Crippen LogP contribution in [0.15, 0.2) is 42.5 Å². The molecule has 1 aromatic heterocycles. The molecule has 0 radical (unpaired) electrons. The number of hydrogen-bond acceptors (Lipinski definition) is 4. The van der Waals surface area contributed by atoms with Gasteiger partial charge in [-0.05, 0) is 94.3 Å². The maximum Gasteiger partial charge on any atom is 0.253 e. The Kier molecular flexibility index (Phi) is 10.5. The van der Waals surface area contributed by atoms with E-state index in [1.54, 1.807) is 6.92 Å². The smallest absolute Gasteiger partial charge is 0.253 e. The largest absolute Gasteiger partial charge is 0.339 e. The fraction of sp³-hybridized carbons (Fsp3) is 0.559. The second-order valence-electron chi connectivity index (χ2n) is 12.4. The van der Waals surface area contributed by atoms with Crippen LogP contribution in [0, 0.1) is 11.8 Å². The molecule has 216 valence electrons. The lowest BCUT2D eigenvalue weighted by molar-refractivity contribution is 0.0740. The molecule has 4 rings (SSSR count). The number of aromatic nitrogens is 2. The Hall–Kier alpha value is -2.99. The van der Waals surface area contributed by atoms with Crippen molar-refractivity contribution in [2.24, 2.45) is 11.8 Å². The summed E-state index contributed by atoms with van der Waals surface area (Å²) in [5, 5.41) is 0. The van der Waals surface area contributed by atoms with Crippen molar-refractivity contribution in [3.05, 3.63) is 65.0 Å². The molecule has 3 aromatic rings. The van der Waals surface area contributed by atoms with Gasteiger partial charge >= 0.3 is 0 Å². The van der Waals surface area contributed by atoms with Crippen molar-refractivity contribution in [1.29, 1.82) is 0 Å². The van der Waals surface area contributed by atoms with Gasteiger partial charge in [0.2, 0.25) is 0 Å². The molecule has 0 N–H and O–H groups in total. The van der Waals surface area contributed by atoms with E-state index in [0.717, 1.165) is 79.0 Å². The Bertz CT molecular complexity index is 1260. The van der Waals surface area contributed by atoms with E-state index in [4.69, 9.17) is 4.98 Å². The molecule has 2 heterocycles. The summed E-state index contributed by atoms with van der Waals surface area (Å²) in [6.07, 6.45) is 6.35. The molecule has 0 unspecified atom stereocenters. The van der Waals surface area contributed by atoms with E-state index in [0.29, 0.717) is 18.3 Å². The predicted octanol–water partition coefficient (Wildman–Crippen LogP) is 6.85. The van der Waals surface area contributed by atoms with Crippen LogP contribution in [0.5, 0.6) is 0 Å². The highest BCUT2D eigenvalue weighted by molar-refractivity contribution is 5.97. The number of imidazole rings is 1. The average molecular weight is 545 g/mol. The molecule has 0 bridgehead atoms. The van der Waals surface area contributed by atoms with Crippen molar-refractivity contribution in [1.82, 2.24) is 19.4 Å². The van der Waals surface area contributed by atoms with Crippen molar-refractivity contribution >= 4 is 22.7 Å². The fourth-order valence-corrected chi connectivity index (χ4v) is 5.51. The van der Waals surface area contributed by atoms with Gasteiger partial charge in [-0.3, -0.25) is 9.59 Å². The third-order valence-corrected chi connectivity index (χ3v) is 8.09. The number of carbonyl (C=O) groups is 2. The van der Waals surface area contributed by atoms with Gasteiger partial charge in [-0.15, -0.1) is 0 Å². The van der Waals surface area contributed by atoms with Gasteiger partial charge in [0.05, 0.1) is 11.0 Å². The molecule has 6 nitrogen and oxygen atoms in total. The maximum atomic E-state index is 13.8.